The van der Waals surface area contributed by atoms with Crippen molar-refractivity contribution in [2.45, 2.75) is 9.79 Å². The highest BCUT2D eigenvalue weighted by Gasteiger charge is 2.05. The van der Waals surface area contributed by atoms with Crippen LogP contribution in [-0.2, 0) is 0 Å². The molecule has 104 valence electrons. The maximum absolute atomic E-state index is 6.20. The highest BCUT2D eigenvalue weighted by atomic mass is 32.2. The van der Waals surface area contributed by atoms with E-state index in [4.69, 9.17) is 11.5 Å². The Morgan fingerprint density at radius 1 is 0.667 bits per heavy atom. The monoisotopic (exact) mass is 292 g/mol. The second-order valence-electron chi connectivity index (χ2n) is 4.79. The smallest absolute Gasteiger partial charge is 0.0405 e. The molecule has 0 aromatic heterocycles. The van der Waals surface area contributed by atoms with E-state index < -0.39 is 0 Å². The summed E-state index contributed by atoms with van der Waals surface area (Å²) >= 11 is 1.71. The molecule has 4 N–H and O–H groups in total. The molecular weight excluding hydrogens is 276 g/mol. The minimum absolute atomic E-state index is 0.758. The van der Waals surface area contributed by atoms with Crippen LogP contribution in [0.1, 0.15) is 0 Å². The van der Waals surface area contributed by atoms with E-state index in [9.17, 15) is 0 Å². The average molecular weight is 292 g/mol. The molecule has 0 aliphatic heterocycles. The van der Waals surface area contributed by atoms with Gasteiger partial charge in [0.2, 0.25) is 0 Å². The van der Waals surface area contributed by atoms with Crippen molar-refractivity contribution in [2.75, 3.05) is 11.5 Å². The van der Waals surface area contributed by atoms with Crippen molar-refractivity contribution in [2.24, 2.45) is 0 Å². The third-order valence-corrected chi connectivity index (χ3v) is 4.22. The van der Waals surface area contributed by atoms with Gasteiger partial charge in [-0.15, -0.1) is 0 Å². The molecule has 21 heavy (non-hydrogen) atoms. The van der Waals surface area contributed by atoms with Crippen LogP contribution in [0.5, 0.6) is 0 Å². The normalized spacial score (nSPS) is 10.5. The fourth-order valence-corrected chi connectivity index (χ4v) is 3.04. The highest BCUT2D eigenvalue weighted by Crippen LogP contribution is 2.33. The van der Waals surface area contributed by atoms with E-state index in [0.29, 0.717) is 0 Å². The lowest BCUT2D eigenvalue weighted by Crippen LogP contribution is -1.91. The van der Waals surface area contributed by atoms with E-state index in [-0.39, 0.29) is 0 Å². The number of nitrogens with two attached hydrogens (primary N) is 2. The van der Waals surface area contributed by atoms with E-state index in [1.165, 1.54) is 4.90 Å². The summed E-state index contributed by atoms with van der Waals surface area (Å²) in [6.07, 6.45) is 0. The summed E-state index contributed by atoms with van der Waals surface area (Å²) in [6, 6.07) is 24.2. The second-order valence-corrected chi connectivity index (χ2v) is 5.93. The van der Waals surface area contributed by atoms with Crippen LogP contribution in [0, 0.1) is 0 Å². The maximum Gasteiger partial charge on any atom is 0.0405 e. The summed E-state index contributed by atoms with van der Waals surface area (Å²) in [7, 11) is 0. The molecule has 0 radical (unpaired) electrons. The molecule has 0 fully saturated rings. The number of rotatable bonds is 3. The summed E-state index contributed by atoms with van der Waals surface area (Å²) in [6.45, 7) is 0. The molecule has 0 saturated heterocycles. The Hall–Kier alpha value is -2.39. The molecule has 0 saturated carbocycles. The van der Waals surface area contributed by atoms with Crippen molar-refractivity contribution in [3.05, 3.63) is 72.8 Å². The van der Waals surface area contributed by atoms with Crippen molar-refractivity contribution < 1.29 is 0 Å². The van der Waals surface area contributed by atoms with Gasteiger partial charge in [-0.3, -0.25) is 0 Å². The Balaban J connectivity index is 1.88. The molecule has 3 rings (SSSR count). The fourth-order valence-electron chi connectivity index (χ4n) is 2.15. The first kappa shape index (κ1) is 13.6. The van der Waals surface area contributed by atoms with Crippen LogP contribution in [0.2, 0.25) is 0 Å². The molecule has 0 heterocycles. The molecule has 0 aliphatic rings. The van der Waals surface area contributed by atoms with E-state index in [2.05, 4.69) is 24.3 Å². The lowest BCUT2D eigenvalue weighted by atomic mass is 10.0. The minimum atomic E-state index is 0.758. The first-order chi connectivity index (χ1) is 10.2. The summed E-state index contributed by atoms with van der Waals surface area (Å²) in [5.74, 6) is 0. The second kappa shape index (κ2) is 5.94. The molecule has 0 amide bonds. The van der Waals surface area contributed by atoms with Crippen LogP contribution in [0.3, 0.4) is 0 Å². The summed E-state index contributed by atoms with van der Waals surface area (Å²) < 4.78 is 0. The molecule has 0 unspecified atom stereocenters. The van der Waals surface area contributed by atoms with Crippen molar-refractivity contribution in [1.82, 2.24) is 0 Å². The van der Waals surface area contributed by atoms with Gasteiger partial charge in [0.1, 0.15) is 0 Å². The van der Waals surface area contributed by atoms with Crippen molar-refractivity contribution in [1.29, 1.82) is 0 Å². The van der Waals surface area contributed by atoms with Gasteiger partial charge in [0.15, 0.2) is 0 Å². The van der Waals surface area contributed by atoms with Crippen LogP contribution in [0.4, 0.5) is 11.4 Å². The fraction of sp³-hybridized carbons (Fsp3) is 0. The van der Waals surface area contributed by atoms with Gasteiger partial charge in [0, 0.05) is 26.7 Å². The first-order valence-corrected chi connectivity index (χ1v) is 7.52. The van der Waals surface area contributed by atoms with Crippen molar-refractivity contribution in [3.63, 3.8) is 0 Å². The zero-order valence-electron chi connectivity index (χ0n) is 11.5. The molecular formula is C18H16N2S. The van der Waals surface area contributed by atoms with Crippen LogP contribution in [-0.4, -0.2) is 0 Å². The van der Waals surface area contributed by atoms with Gasteiger partial charge in [-0.1, -0.05) is 48.2 Å². The Kier molecular flexibility index (Phi) is 3.84. The van der Waals surface area contributed by atoms with Crippen LogP contribution >= 0.6 is 11.8 Å². The summed E-state index contributed by atoms with van der Waals surface area (Å²) in [5, 5.41) is 0. The van der Waals surface area contributed by atoms with Crippen LogP contribution in [0.25, 0.3) is 11.1 Å². The zero-order valence-corrected chi connectivity index (χ0v) is 12.3. The van der Waals surface area contributed by atoms with Gasteiger partial charge in [-0.2, -0.15) is 0 Å². The van der Waals surface area contributed by atoms with E-state index in [1.54, 1.807) is 11.8 Å². The molecule has 0 bridgehead atoms. The molecule has 3 aromatic rings. The Morgan fingerprint density at radius 2 is 1.38 bits per heavy atom. The molecule has 0 aliphatic carbocycles. The van der Waals surface area contributed by atoms with Crippen LogP contribution < -0.4 is 11.5 Å². The average Bonchev–Trinajstić information content (AvgIpc) is 2.50. The van der Waals surface area contributed by atoms with Gasteiger partial charge in [0.05, 0.1) is 0 Å². The van der Waals surface area contributed by atoms with Gasteiger partial charge in [0.25, 0.3) is 0 Å². The Labute approximate surface area is 128 Å². The van der Waals surface area contributed by atoms with Gasteiger partial charge >= 0.3 is 0 Å². The maximum atomic E-state index is 6.20. The molecule has 0 atom stereocenters. The predicted octanol–water partition coefficient (Wildman–Crippen LogP) is 4.67. The summed E-state index contributed by atoms with van der Waals surface area (Å²) in [4.78, 5) is 2.34. The van der Waals surface area contributed by atoms with Crippen molar-refractivity contribution >= 4 is 23.1 Å². The number of nitrogen functional groups attached to an aromatic ring is 2. The van der Waals surface area contributed by atoms with E-state index >= 15 is 0 Å². The SMILES string of the molecule is Nc1ccc(-c2ccc(Sc3ccccc3)cc2N)cc1. The minimum Gasteiger partial charge on any atom is -0.399 e. The molecule has 0 spiro atoms. The number of anilines is 2. The Bertz CT molecular complexity index is 737. The molecule has 3 heteroatoms. The van der Waals surface area contributed by atoms with Gasteiger partial charge < -0.3 is 11.5 Å². The largest absolute Gasteiger partial charge is 0.399 e. The van der Waals surface area contributed by atoms with Crippen LogP contribution in [0.15, 0.2) is 82.6 Å². The van der Waals surface area contributed by atoms with Gasteiger partial charge in [-0.05, 0) is 42.0 Å². The number of benzene rings is 3. The van der Waals surface area contributed by atoms with E-state index in [1.807, 2.05) is 48.5 Å². The molecule has 2 nitrogen and oxygen atoms in total. The third-order valence-electron chi connectivity index (χ3n) is 3.22. The van der Waals surface area contributed by atoms with Gasteiger partial charge in [-0.25, -0.2) is 0 Å². The topological polar surface area (TPSA) is 52.0 Å². The predicted molar refractivity (Wildman–Crippen MR) is 91.3 cm³/mol. The lowest BCUT2D eigenvalue weighted by molar-refractivity contribution is 1.41. The quantitative estimate of drug-likeness (QED) is 0.690. The molecule has 3 aromatic carbocycles. The van der Waals surface area contributed by atoms with Crippen molar-refractivity contribution in [3.8, 4) is 11.1 Å². The van der Waals surface area contributed by atoms with E-state index in [0.717, 1.165) is 27.4 Å². The first-order valence-electron chi connectivity index (χ1n) is 6.71. The third kappa shape index (κ3) is 3.20. The zero-order chi connectivity index (χ0) is 14.7. The summed E-state index contributed by atoms with van der Waals surface area (Å²) in [5.41, 5.74) is 15.6. The number of hydrogen-bond donors (Lipinski definition) is 2. The Morgan fingerprint density at radius 3 is 2.05 bits per heavy atom. The standard InChI is InChI=1S/C18H16N2S/c19-14-8-6-13(7-9-14)17-11-10-16(12-18(17)20)21-15-4-2-1-3-5-15/h1-12H,19-20H2. The lowest BCUT2D eigenvalue weighted by Gasteiger charge is -2.09. The highest BCUT2D eigenvalue weighted by molar-refractivity contribution is 7.99. The number of hydrogen-bond acceptors (Lipinski definition) is 3.